The molecule has 5 heteroatoms. The van der Waals surface area contributed by atoms with Crippen LogP contribution < -0.4 is 10.2 Å². The number of anilines is 2. The number of carbonyl (C=O) groups is 2. The summed E-state index contributed by atoms with van der Waals surface area (Å²) in [5, 5.41) is 3.44. The van der Waals surface area contributed by atoms with Crippen LogP contribution in [0.4, 0.5) is 11.4 Å². The second kappa shape index (κ2) is 9.71. The zero-order valence-electron chi connectivity index (χ0n) is 16.0. The number of carbonyl (C=O) groups excluding carboxylic acids is 2. The Bertz CT molecular complexity index is 997. The van der Waals surface area contributed by atoms with Gasteiger partial charge in [-0.05, 0) is 67.1 Å². The summed E-state index contributed by atoms with van der Waals surface area (Å²) >= 11 is 5.85. The molecule has 29 heavy (non-hydrogen) atoms. The van der Waals surface area contributed by atoms with Crippen LogP contribution in [0, 0.1) is 0 Å². The lowest BCUT2D eigenvalue weighted by molar-refractivity contribution is -0.111. The van der Waals surface area contributed by atoms with Gasteiger partial charge in [-0.2, -0.15) is 0 Å². The summed E-state index contributed by atoms with van der Waals surface area (Å²) in [5.74, 6) is -0.335. The van der Waals surface area contributed by atoms with E-state index in [1.807, 2.05) is 49.4 Å². The van der Waals surface area contributed by atoms with Crippen molar-refractivity contribution in [1.29, 1.82) is 0 Å². The smallest absolute Gasteiger partial charge is 0.258 e. The molecule has 1 N–H and O–H groups in total. The molecule has 4 nitrogen and oxygen atoms in total. The van der Waals surface area contributed by atoms with Gasteiger partial charge in [0, 0.05) is 34.6 Å². The van der Waals surface area contributed by atoms with Gasteiger partial charge in [-0.3, -0.25) is 9.59 Å². The minimum atomic E-state index is -0.251. The van der Waals surface area contributed by atoms with Crippen LogP contribution in [0.3, 0.4) is 0 Å². The van der Waals surface area contributed by atoms with Crippen molar-refractivity contribution >= 4 is 40.9 Å². The number of hydrogen-bond acceptors (Lipinski definition) is 2. The van der Waals surface area contributed by atoms with Crippen molar-refractivity contribution in [3.63, 3.8) is 0 Å². The molecule has 0 aliphatic carbocycles. The predicted octanol–water partition coefficient (Wildman–Crippen LogP) is 5.66. The number of benzene rings is 3. The average Bonchev–Trinajstić information content (AvgIpc) is 2.75. The summed E-state index contributed by atoms with van der Waals surface area (Å²) in [6, 6.07) is 23.6. The van der Waals surface area contributed by atoms with Crippen LogP contribution in [0.25, 0.3) is 6.08 Å². The minimum absolute atomic E-state index is 0.0841. The molecule has 0 unspecified atom stereocenters. The van der Waals surface area contributed by atoms with Crippen LogP contribution in [0.2, 0.25) is 5.02 Å². The molecule has 0 atom stereocenters. The first kappa shape index (κ1) is 20.4. The maximum atomic E-state index is 12.8. The van der Waals surface area contributed by atoms with Crippen LogP contribution in [-0.2, 0) is 4.79 Å². The van der Waals surface area contributed by atoms with Gasteiger partial charge in [0.2, 0.25) is 5.91 Å². The molecular weight excluding hydrogens is 384 g/mol. The lowest BCUT2D eigenvalue weighted by Gasteiger charge is -2.21. The lowest BCUT2D eigenvalue weighted by atomic mass is 10.1. The van der Waals surface area contributed by atoms with E-state index in [4.69, 9.17) is 11.6 Å². The molecule has 0 bridgehead atoms. The number of hydrogen-bond donors (Lipinski definition) is 1. The standard InChI is InChI=1S/C24H21ClN2O2/c1-2-27(22-6-4-3-5-7-22)24(29)19-11-15-21(16-12-19)26-23(28)17-10-18-8-13-20(25)14-9-18/h3-17H,2H2,1H3,(H,26,28)/b17-10+. The molecule has 3 aromatic rings. The van der Waals surface area contributed by atoms with Gasteiger partial charge in [-0.15, -0.1) is 0 Å². The highest BCUT2D eigenvalue weighted by molar-refractivity contribution is 6.30. The third kappa shape index (κ3) is 5.56. The molecule has 0 aliphatic heterocycles. The Morgan fingerprint density at radius 2 is 1.59 bits per heavy atom. The van der Waals surface area contributed by atoms with Gasteiger partial charge in [0.05, 0.1) is 0 Å². The van der Waals surface area contributed by atoms with Crippen molar-refractivity contribution in [2.75, 3.05) is 16.8 Å². The summed E-state index contributed by atoms with van der Waals surface area (Å²) in [6.07, 6.45) is 3.17. The Kier molecular flexibility index (Phi) is 6.82. The summed E-state index contributed by atoms with van der Waals surface area (Å²) < 4.78 is 0. The first-order valence-electron chi connectivity index (χ1n) is 9.28. The van der Waals surface area contributed by atoms with Crippen LogP contribution in [0.15, 0.2) is 84.9 Å². The van der Waals surface area contributed by atoms with Gasteiger partial charge in [-0.25, -0.2) is 0 Å². The van der Waals surface area contributed by atoms with E-state index in [1.54, 1.807) is 47.4 Å². The van der Waals surface area contributed by atoms with E-state index < -0.39 is 0 Å². The summed E-state index contributed by atoms with van der Waals surface area (Å²) in [6.45, 7) is 2.50. The van der Waals surface area contributed by atoms with Crippen LogP contribution in [0.5, 0.6) is 0 Å². The molecule has 0 saturated heterocycles. The van der Waals surface area contributed by atoms with Crippen molar-refractivity contribution < 1.29 is 9.59 Å². The third-order valence-corrected chi connectivity index (χ3v) is 4.58. The number of para-hydroxylation sites is 1. The fourth-order valence-corrected chi connectivity index (χ4v) is 2.96. The van der Waals surface area contributed by atoms with E-state index in [9.17, 15) is 9.59 Å². The Hall–Kier alpha value is -3.37. The van der Waals surface area contributed by atoms with E-state index in [2.05, 4.69) is 5.32 Å². The third-order valence-electron chi connectivity index (χ3n) is 4.33. The molecule has 0 saturated carbocycles. The van der Waals surface area contributed by atoms with Crippen molar-refractivity contribution in [2.45, 2.75) is 6.92 Å². The van der Waals surface area contributed by atoms with Gasteiger partial charge in [0.15, 0.2) is 0 Å². The SMILES string of the molecule is CCN(C(=O)c1ccc(NC(=O)/C=C/c2ccc(Cl)cc2)cc1)c1ccccc1. The zero-order chi connectivity index (χ0) is 20.6. The van der Waals surface area contributed by atoms with Gasteiger partial charge < -0.3 is 10.2 Å². The highest BCUT2D eigenvalue weighted by atomic mass is 35.5. The van der Waals surface area contributed by atoms with E-state index in [1.165, 1.54) is 6.08 Å². The molecule has 146 valence electrons. The molecule has 3 aromatic carbocycles. The molecule has 0 heterocycles. The molecular formula is C24H21ClN2O2. The molecule has 2 amide bonds. The molecule has 3 rings (SSSR count). The first-order valence-corrected chi connectivity index (χ1v) is 9.66. The quantitative estimate of drug-likeness (QED) is 0.539. The predicted molar refractivity (Wildman–Crippen MR) is 119 cm³/mol. The van der Waals surface area contributed by atoms with Crippen molar-refractivity contribution in [3.8, 4) is 0 Å². The number of amides is 2. The number of nitrogens with zero attached hydrogens (tertiary/aromatic N) is 1. The fourth-order valence-electron chi connectivity index (χ4n) is 2.83. The lowest BCUT2D eigenvalue weighted by Crippen LogP contribution is -2.30. The normalized spacial score (nSPS) is 10.7. The maximum absolute atomic E-state index is 12.8. The van der Waals surface area contributed by atoms with E-state index >= 15 is 0 Å². The second-order valence-corrected chi connectivity index (χ2v) is 6.77. The molecule has 0 fully saturated rings. The minimum Gasteiger partial charge on any atom is -0.323 e. The van der Waals surface area contributed by atoms with Crippen molar-refractivity contribution in [1.82, 2.24) is 0 Å². The summed E-state index contributed by atoms with van der Waals surface area (Å²) in [5.41, 5.74) is 2.91. The van der Waals surface area contributed by atoms with Gasteiger partial charge >= 0.3 is 0 Å². The Morgan fingerprint density at radius 3 is 2.21 bits per heavy atom. The van der Waals surface area contributed by atoms with Crippen LogP contribution >= 0.6 is 11.6 Å². The van der Waals surface area contributed by atoms with Crippen LogP contribution in [0.1, 0.15) is 22.8 Å². The molecule has 0 aromatic heterocycles. The highest BCUT2D eigenvalue weighted by Gasteiger charge is 2.15. The Morgan fingerprint density at radius 1 is 0.931 bits per heavy atom. The number of halogens is 1. The fraction of sp³-hybridized carbons (Fsp3) is 0.0833. The first-order chi connectivity index (χ1) is 14.1. The average molecular weight is 405 g/mol. The van der Waals surface area contributed by atoms with Crippen molar-refractivity contribution in [3.05, 3.63) is 101 Å². The zero-order valence-corrected chi connectivity index (χ0v) is 16.8. The largest absolute Gasteiger partial charge is 0.323 e. The summed E-state index contributed by atoms with van der Waals surface area (Å²) in [4.78, 5) is 26.6. The molecule has 0 spiro atoms. The van der Waals surface area contributed by atoms with E-state index in [0.29, 0.717) is 22.8 Å². The summed E-state index contributed by atoms with van der Waals surface area (Å²) in [7, 11) is 0. The second-order valence-electron chi connectivity index (χ2n) is 6.34. The maximum Gasteiger partial charge on any atom is 0.258 e. The van der Waals surface area contributed by atoms with E-state index in [-0.39, 0.29) is 11.8 Å². The van der Waals surface area contributed by atoms with Crippen molar-refractivity contribution in [2.24, 2.45) is 0 Å². The highest BCUT2D eigenvalue weighted by Crippen LogP contribution is 2.18. The Balaban J connectivity index is 1.64. The number of nitrogens with one attached hydrogen (secondary N) is 1. The van der Waals surface area contributed by atoms with Gasteiger partial charge in [-0.1, -0.05) is 41.9 Å². The topological polar surface area (TPSA) is 49.4 Å². The molecule has 0 radical (unpaired) electrons. The molecule has 0 aliphatic rings. The van der Waals surface area contributed by atoms with Crippen LogP contribution in [-0.4, -0.2) is 18.4 Å². The monoisotopic (exact) mass is 404 g/mol. The van der Waals surface area contributed by atoms with E-state index in [0.717, 1.165) is 11.3 Å². The van der Waals surface area contributed by atoms with Gasteiger partial charge in [0.25, 0.3) is 5.91 Å². The number of rotatable bonds is 6. The Labute approximate surface area is 175 Å². The van der Waals surface area contributed by atoms with Gasteiger partial charge in [0.1, 0.15) is 0 Å².